The van der Waals surface area contributed by atoms with Crippen LogP contribution in [0.25, 0.3) is 0 Å². The van der Waals surface area contributed by atoms with Gasteiger partial charge in [-0.1, -0.05) is 25.5 Å². The molecule has 1 aromatic rings. The second-order valence-corrected chi connectivity index (χ2v) is 4.56. The lowest BCUT2D eigenvalue weighted by Gasteiger charge is -2.12. The molecule has 0 bridgehead atoms. The van der Waals surface area contributed by atoms with Gasteiger partial charge < -0.3 is 5.32 Å². The van der Waals surface area contributed by atoms with E-state index in [0.29, 0.717) is 17.9 Å². The Labute approximate surface area is 106 Å². The Kier molecular flexibility index (Phi) is 3.64. The summed E-state index contributed by atoms with van der Waals surface area (Å²) in [5.41, 5.74) is 0.699. The summed E-state index contributed by atoms with van der Waals surface area (Å²) in [6.07, 6.45) is 7.48. The third kappa shape index (κ3) is 2.37. The van der Waals surface area contributed by atoms with Gasteiger partial charge in [0.1, 0.15) is 5.69 Å². The second-order valence-electron chi connectivity index (χ2n) is 4.56. The number of aryl methyl sites for hydroxylation is 2. The van der Waals surface area contributed by atoms with E-state index < -0.39 is 0 Å². The van der Waals surface area contributed by atoms with E-state index in [0.717, 1.165) is 19.3 Å². The number of nitrogens with zero attached hydrogens (tertiary/aromatic N) is 3. The van der Waals surface area contributed by atoms with Gasteiger partial charge in [0.25, 0.3) is 0 Å². The molecular formula is C12H18N4O2. The molecule has 1 heterocycles. The first-order valence-electron chi connectivity index (χ1n) is 6.25. The van der Waals surface area contributed by atoms with E-state index in [-0.39, 0.29) is 16.7 Å². The molecule has 0 unspecified atom stereocenters. The van der Waals surface area contributed by atoms with E-state index in [1.165, 1.54) is 0 Å². The molecule has 0 fully saturated rings. The number of nitro groups is 1. The third-order valence-corrected chi connectivity index (χ3v) is 3.11. The Morgan fingerprint density at radius 1 is 1.56 bits per heavy atom. The lowest BCUT2D eigenvalue weighted by molar-refractivity contribution is -0.384. The quantitative estimate of drug-likeness (QED) is 0.495. The number of hydrogen-bond acceptors (Lipinski definition) is 4. The predicted molar refractivity (Wildman–Crippen MR) is 69.6 cm³/mol. The number of nitrogens with one attached hydrogen (secondary N) is 1. The molecule has 0 saturated heterocycles. The van der Waals surface area contributed by atoms with Crippen LogP contribution in [0.3, 0.4) is 0 Å². The zero-order valence-electron chi connectivity index (χ0n) is 10.7. The highest BCUT2D eigenvalue weighted by Gasteiger charge is 2.27. The molecule has 0 amide bonds. The average Bonchev–Trinajstić information content (AvgIpc) is 2.89. The fraction of sp³-hybridized carbons (Fsp3) is 0.583. The zero-order chi connectivity index (χ0) is 13.1. The molecule has 1 N–H and O–H groups in total. The molecule has 6 heteroatoms. The topological polar surface area (TPSA) is 73.0 Å². The minimum atomic E-state index is -0.331. The van der Waals surface area contributed by atoms with Crippen LogP contribution in [-0.4, -0.2) is 20.7 Å². The molecule has 1 aromatic heterocycles. The van der Waals surface area contributed by atoms with Crippen molar-refractivity contribution >= 4 is 11.5 Å². The fourth-order valence-corrected chi connectivity index (χ4v) is 2.26. The Morgan fingerprint density at radius 2 is 2.22 bits per heavy atom. The molecule has 1 aliphatic rings. The van der Waals surface area contributed by atoms with E-state index in [9.17, 15) is 10.1 Å². The van der Waals surface area contributed by atoms with Gasteiger partial charge in [-0.05, 0) is 19.3 Å². The van der Waals surface area contributed by atoms with Crippen LogP contribution in [0, 0.1) is 10.1 Å². The molecule has 0 aliphatic heterocycles. The summed E-state index contributed by atoms with van der Waals surface area (Å²) in [5, 5.41) is 18.7. The highest BCUT2D eigenvalue weighted by molar-refractivity contribution is 5.60. The monoisotopic (exact) mass is 250 g/mol. The first-order valence-corrected chi connectivity index (χ1v) is 6.25. The Balaban J connectivity index is 2.29. The molecule has 0 spiro atoms. The van der Waals surface area contributed by atoms with Gasteiger partial charge in [-0.2, -0.15) is 5.10 Å². The minimum Gasteiger partial charge on any atom is -0.361 e. The zero-order valence-corrected chi connectivity index (χ0v) is 10.7. The summed E-state index contributed by atoms with van der Waals surface area (Å²) in [4.78, 5) is 10.9. The lowest BCUT2D eigenvalue weighted by Crippen LogP contribution is -2.18. The molecule has 0 atom stereocenters. The smallest absolute Gasteiger partial charge is 0.333 e. The van der Waals surface area contributed by atoms with E-state index in [2.05, 4.69) is 22.6 Å². The average molecular weight is 250 g/mol. The maximum absolute atomic E-state index is 11.2. The van der Waals surface area contributed by atoms with Crippen molar-refractivity contribution in [2.75, 3.05) is 5.32 Å². The molecule has 0 radical (unpaired) electrons. The summed E-state index contributed by atoms with van der Waals surface area (Å²) in [7, 11) is 1.75. The van der Waals surface area contributed by atoms with Crippen molar-refractivity contribution in [1.82, 2.24) is 9.78 Å². The van der Waals surface area contributed by atoms with Crippen LogP contribution >= 0.6 is 0 Å². The van der Waals surface area contributed by atoms with Crippen molar-refractivity contribution in [2.45, 2.75) is 38.6 Å². The molecule has 6 nitrogen and oxygen atoms in total. The molecule has 0 aromatic carbocycles. The van der Waals surface area contributed by atoms with Crippen molar-refractivity contribution in [3.8, 4) is 0 Å². The highest BCUT2D eigenvalue weighted by atomic mass is 16.6. The first-order chi connectivity index (χ1) is 8.63. The number of aromatic nitrogens is 2. The van der Waals surface area contributed by atoms with Crippen LogP contribution in [0.1, 0.15) is 31.9 Å². The SMILES string of the molecule is CCCc1nn(C)c(NC2CC=CC2)c1[N+](=O)[O-]. The number of hydrogen-bond donors (Lipinski definition) is 1. The van der Waals surface area contributed by atoms with E-state index in [1.54, 1.807) is 11.7 Å². The van der Waals surface area contributed by atoms with Crippen molar-refractivity contribution in [3.63, 3.8) is 0 Å². The van der Waals surface area contributed by atoms with Crippen LogP contribution < -0.4 is 5.32 Å². The van der Waals surface area contributed by atoms with Gasteiger partial charge in [0.15, 0.2) is 0 Å². The molecule has 98 valence electrons. The summed E-state index contributed by atoms with van der Waals surface area (Å²) in [6.45, 7) is 1.99. The van der Waals surface area contributed by atoms with Gasteiger partial charge >= 0.3 is 5.69 Å². The Bertz CT molecular complexity index is 471. The van der Waals surface area contributed by atoms with Crippen LogP contribution in [0.5, 0.6) is 0 Å². The molecule has 2 rings (SSSR count). The van der Waals surface area contributed by atoms with E-state index >= 15 is 0 Å². The van der Waals surface area contributed by atoms with Crippen LogP contribution in [0.2, 0.25) is 0 Å². The number of anilines is 1. The van der Waals surface area contributed by atoms with Gasteiger partial charge in [0, 0.05) is 13.1 Å². The second kappa shape index (κ2) is 5.20. The van der Waals surface area contributed by atoms with Crippen LogP contribution in [-0.2, 0) is 13.5 Å². The molecule has 0 saturated carbocycles. The van der Waals surface area contributed by atoms with Gasteiger partial charge in [-0.3, -0.25) is 10.1 Å². The molecular weight excluding hydrogens is 232 g/mol. The van der Waals surface area contributed by atoms with E-state index in [1.807, 2.05) is 6.92 Å². The van der Waals surface area contributed by atoms with Crippen LogP contribution in [0.15, 0.2) is 12.2 Å². The van der Waals surface area contributed by atoms with Crippen molar-refractivity contribution in [2.24, 2.45) is 7.05 Å². The standard InChI is InChI=1S/C12H18N4O2/c1-3-6-10-11(16(17)18)12(15(2)14-10)13-9-7-4-5-8-9/h4-5,9,13H,3,6-8H2,1-2H3. The van der Waals surface area contributed by atoms with Gasteiger partial charge in [0.05, 0.1) is 4.92 Å². The first kappa shape index (κ1) is 12.6. The largest absolute Gasteiger partial charge is 0.361 e. The van der Waals surface area contributed by atoms with E-state index in [4.69, 9.17) is 0 Å². The number of rotatable bonds is 5. The maximum atomic E-state index is 11.2. The summed E-state index contributed by atoms with van der Waals surface area (Å²) >= 11 is 0. The van der Waals surface area contributed by atoms with Gasteiger partial charge in [-0.25, -0.2) is 4.68 Å². The van der Waals surface area contributed by atoms with Gasteiger partial charge in [-0.15, -0.1) is 0 Å². The van der Waals surface area contributed by atoms with Crippen molar-refractivity contribution in [3.05, 3.63) is 28.0 Å². The predicted octanol–water partition coefficient (Wildman–Crippen LogP) is 2.41. The maximum Gasteiger partial charge on any atom is 0.333 e. The Morgan fingerprint density at radius 3 is 2.78 bits per heavy atom. The third-order valence-electron chi connectivity index (χ3n) is 3.11. The fourth-order valence-electron chi connectivity index (χ4n) is 2.26. The summed E-state index contributed by atoms with van der Waals surface area (Å²) in [6, 6.07) is 0.244. The van der Waals surface area contributed by atoms with Crippen molar-refractivity contribution < 1.29 is 4.92 Å². The lowest BCUT2D eigenvalue weighted by atomic mass is 10.2. The van der Waals surface area contributed by atoms with Crippen LogP contribution in [0.4, 0.5) is 11.5 Å². The normalized spacial score (nSPS) is 15.2. The summed E-state index contributed by atoms with van der Waals surface area (Å²) < 4.78 is 1.58. The molecule has 18 heavy (non-hydrogen) atoms. The molecule has 1 aliphatic carbocycles. The Hall–Kier alpha value is -1.85. The van der Waals surface area contributed by atoms with Crippen molar-refractivity contribution in [1.29, 1.82) is 0 Å². The highest BCUT2D eigenvalue weighted by Crippen LogP contribution is 2.30. The summed E-state index contributed by atoms with van der Waals surface area (Å²) in [5.74, 6) is 0.525. The van der Waals surface area contributed by atoms with Gasteiger partial charge in [0.2, 0.25) is 5.82 Å². The minimum absolute atomic E-state index is 0.131.